The van der Waals surface area contributed by atoms with Crippen molar-refractivity contribution in [2.24, 2.45) is 0 Å². The fraction of sp³-hybridized carbons (Fsp3) is 0.240. The van der Waals surface area contributed by atoms with Crippen molar-refractivity contribution in [1.29, 1.82) is 0 Å². The molecule has 1 aromatic carbocycles. The summed E-state index contributed by atoms with van der Waals surface area (Å²) < 4.78 is 7.54. The first-order chi connectivity index (χ1) is 15.7. The number of carbonyl (C=O) groups is 1. The van der Waals surface area contributed by atoms with Crippen molar-refractivity contribution in [1.82, 2.24) is 19.7 Å². The molecule has 3 aromatic heterocycles. The lowest BCUT2D eigenvalue weighted by Gasteiger charge is -2.14. The number of benzene rings is 1. The molecule has 7 nitrogen and oxygen atoms in total. The number of aryl methyl sites for hydroxylation is 1. The van der Waals surface area contributed by atoms with Gasteiger partial charge in [-0.1, -0.05) is 12.1 Å². The summed E-state index contributed by atoms with van der Waals surface area (Å²) in [6.07, 6.45) is 6.83. The molecular weight excluding hydrogens is 402 g/mol. The average Bonchev–Trinajstić information content (AvgIpc) is 3.55. The number of amides is 1. The normalized spacial score (nSPS) is 17.5. The SMILES string of the molecule is Cc1ccn2c(-c3ccc(Nc4ccc([C@H]5CCOC5)cn4)c4c3CNC4=O)cnc2c1. The number of nitrogens with zero attached hydrogens (tertiary/aromatic N) is 3. The van der Waals surface area contributed by atoms with Crippen LogP contribution in [0.1, 0.15) is 39.4 Å². The van der Waals surface area contributed by atoms with Crippen LogP contribution < -0.4 is 10.6 Å². The van der Waals surface area contributed by atoms with Gasteiger partial charge in [-0.3, -0.25) is 9.20 Å². The third-order valence-corrected chi connectivity index (χ3v) is 6.36. The van der Waals surface area contributed by atoms with E-state index in [9.17, 15) is 4.79 Å². The van der Waals surface area contributed by atoms with E-state index >= 15 is 0 Å². The monoisotopic (exact) mass is 425 g/mol. The molecule has 0 unspecified atom stereocenters. The second kappa shape index (κ2) is 7.46. The summed E-state index contributed by atoms with van der Waals surface area (Å²) in [4.78, 5) is 21.9. The van der Waals surface area contributed by atoms with Crippen LogP contribution in [0.5, 0.6) is 0 Å². The number of rotatable bonds is 4. The van der Waals surface area contributed by atoms with Crippen molar-refractivity contribution in [3.8, 4) is 11.3 Å². The Morgan fingerprint density at radius 1 is 1.16 bits per heavy atom. The molecule has 5 heterocycles. The highest BCUT2D eigenvalue weighted by atomic mass is 16.5. The zero-order valence-electron chi connectivity index (χ0n) is 17.8. The summed E-state index contributed by atoms with van der Waals surface area (Å²) in [5.74, 6) is 1.06. The standard InChI is InChI=1S/C25H23N5O2/c1-15-6-8-30-21(13-27-23(30)10-15)18-3-4-20(24-19(18)12-28-25(24)31)29-22-5-2-16(11-26-22)17-7-9-32-14-17/h2-6,8,10-11,13,17H,7,9,12,14H2,1H3,(H,26,29)(H,28,31)/t17-/m0/s1. The van der Waals surface area contributed by atoms with Gasteiger partial charge in [-0.05, 0) is 54.3 Å². The quantitative estimate of drug-likeness (QED) is 0.512. The predicted molar refractivity (Wildman–Crippen MR) is 122 cm³/mol. The highest BCUT2D eigenvalue weighted by Gasteiger charge is 2.27. The predicted octanol–water partition coefficient (Wildman–Crippen LogP) is 4.20. The molecule has 2 aliphatic rings. The van der Waals surface area contributed by atoms with Gasteiger partial charge in [0.15, 0.2) is 0 Å². The topological polar surface area (TPSA) is 80.5 Å². The minimum absolute atomic E-state index is 0.0752. The number of nitrogens with one attached hydrogen (secondary N) is 2. The molecule has 0 bridgehead atoms. The van der Waals surface area contributed by atoms with Crippen LogP contribution in [0.2, 0.25) is 0 Å². The number of hydrogen-bond donors (Lipinski definition) is 2. The van der Waals surface area contributed by atoms with Gasteiger partial charge in [0.1, 0.15) is 11.5 Å². The van der Waals surface area contributed by atoms with E-state index in [1.807, 2.05) is 30.7 Å². The van der Waals surface area contributed by atoms with Gasteiger partial charge in [-0.25, -0.2) is 9.97 Å². The average molecular weight is 425 g/mol. The van der Waals surface area contributed by atoms with Crippen molar-refractivity contribution in [2.75, 3.05) is 18.5 Å². The summed E-state index contributed by atoms with van der Waals surface area (Å²) in [6.45, 7) is 4.11. The number of ether oxygens (including phenoxy) is 1. The van der Waals surface area contributed by atoms with Crippen molar-refractivity contribution < 1.29 is 9.53 Å². The zero-order chi connectivity index (χ0) is 21.7. The number of pyridine rings is 2. The first-order valence-corrected chi connectivity index (χ1v) is 10.9. The Balaban J connectivity index is 1.36. The molecule has 160 valence electrons. The number of anilines is 2. The van der Waals surface area contributed by atoms with Crippen LogP contribution in [0, 0.1) is 6.92 Å². The molecule has 2 N–H and O–H groups in total. The van der Waals surface area contributed by atoms with E-state index in [1.54, 1.807) is 0 Å². The fourth-order valence-electron chi connectivity index (χ4n) is 4.63. The van der Waals surface area contributed by atoms with Crippen LogP contribution >= 0.6 is 0 Å². The maximum Gasteiger partial charge on any atom is 0.254 e. The van der Waals surface area contributed by atoms with Crippen LogP contribution in [-0.2, 0) is 11.3 Å². The molecule has 0 aliphatic carbocycles. The van der Waals surface area contributed by atoms with E-state index in [-0.39, 0.29) is 5.91 Å². The Morgan fingerprint density at radius 3 is 2.91 bits per heavy atom. The lowest BCUT2D eigenvalue weighted by Crippen LogP contribution is -2.13. The second-order valence-corrected chi connectivity index (χ2v) is 8.43. The largest absolute Gasteiger partial charge is 0.381 e. The lowest BCUT2D eigenvalue weighted by molar-refractivity contribution is 0.0966. The molecule has 0 radical (unpaired) electrons. The van der Waals surface area contributed by atoms with Crippen LogP contribution in [0.3, 0.4) is 0 Å². The Morgan fingerprint density at radius 2 is 2.09 bits per heavy atom. The molecule has 32 heavy (non-hydrogen) atoms. The number of fused-ring (bicyclic) bond motifs is 2. The molecule has 6 rings (SSSR count). The second-order valence-electron chi connectivity index (χ2n) is 8.43. The summed E-state index contributed by atoms with van der Waals surface area (Å²) in [7, 11) is 0. The summed E-state index contributed by atoms with van der Waals surface area (Å²) in [6, 6.07) is 12.2. The van der Waals surface area contributed by atoms with E-state index in [0.29, 0.717) is 23.8 Å². The van der Waals surface area contributed by atoms with Gasteiger partial charge in [0.25, 0.3) is 5.91 Å². The first kappa shape index (κ1) is 19.0. The number of carbonyl (C=O) groups excluding carboxylic acids is 1. The number of aromatic nitrogens is 3. The molecular formula is C25H23N5O2. The van der Waals surface area contributed by atoms with Crippen LogP contribution in [-0.4, -0.2) is 33.5 Å². The van der Waals surface area contributed by atoms with Crippen molar-refractivity contribution in [3.63, 3.8) is 0 Å². The molecule has 4 aromatic rings. The van der Waals surface area contributed by atoms with E-state index in [2.05, 4.69) is 56.2 Å². The fourth-order valence-corrected chi connectivity index (χ4v) is 4.63. The molecule has 0 saturated carbocycles. The van der Waals surface area contributed by atoms with Crippen molar-refractivity contribution >= 4 is 23.1 Å². The van der Waals surface area contributed by atoms with Crippen LogP contribution in [0.4, 0.5) is 11.5 Å². The van der Waals surface area contributed by atoms with Gasteiger partial charge in [0.2, 0.25) is 0 Å². The number of hydrogen-bond acceptors (Lipinski definition) is 5. The Hall–Kier alpha value is -3.71. The maximum absolute atomic E-state index is 12.7. The first-order valence-electron chi connectivity index (χ1n) is 10.9. The third kappa shape index (κ3) is 3.13. The van der Waals surface area contributed by atoms with E-state index in [4.69, 9.17) is 4.74 Å². The molecule has 1 amide bonds. The summed E-state index contributed by atoms with van der Waals surface area (Å²) in [5.41, 5.74) is 7.62. The van der Waals surface area contributed by atoms with Gasteiger partial charge in [-0.2, -0.15) is 0 Å². The molecule has 7 heteroatoms. The van der Waals surface area contributed by atoms with Gasteiger partial charge in [0.05, 0.1) is 29.7 Å². The minimum Gasteiger partial charge on any atom is -0.381 e. The van der Waals surface area contributed by atoms with Gasteiger partial charge < -0.3 is 15.4 Å². The maximum atomic E-state index is 12.7. The Bertz CT molecular complexity index is 1340. The van der Waals surface area contributed by atoms with Crippen LogP contribution in [0.15, 0.2) is 55.0 Å². The van der Waals surface area contributed by atoms with E-state index < -0.39 is 0 Å². The molecule has 1 saturated heterocycles. The third-order valence-electron chi connectivity index (χ3n) is 6.36. The smallest absolute Gasteiger partial charge is 0.254 e. The van der Waals surface area contributed by atoms with Gasteiger partial charge >= 0.3 is 0 Å². The van der Waals surface area contributed by atoms with E-state index in [0.717, 1.165) is 53.4 Å². The van der Waals surface area contributed by atoms with Gasteiger partial charge in [-0.15, -0.1) is 0 Å². The highest BCUT2D eigenvalue weighted by Crippen LogP contribution is 2.35. The highest BCUT2D eigenvalue weighted by molar-refractivity contribution is 6.06. The van der Waals surface area contributed by atoms with Crippen molar-refractivity contribution in [3.05, 3.63) is 77.2 Å². The molecule has 2 aliphatic heterocycles. The molecule has 1 atom stereocenters. The lowest BCUT2D eigenvalue weighted by atomic mass is 9.99. The molecule has 0 spiro atoms. The Labute approximate surface area is 185 Å². The summed E-state index contributed by atoms with van der Waals surface area (Å²) >= 11 is 0. The number of imidazole rings is 1. The van der Waals surface area contributed by atoms with Gasteiger partial charge in [0, 0.05) is 37.0 Å². The van der Waals surface area contributed by atoms with E-state index in [1.165, 1.54) is 5.56 Å². The molecule has 1 fully saturated rings. The zero-order valence-corrected chi connectivity index (χ0v) is 17.8. The van der Waals surface area contributed by atoms with Crippen molar-refractivity contribution in [2.45, 2.75) is 25.8 Å². The Kier molecular flexibility index (Phi) is 4.43. The minimum atomic E-state index is -0.0752. The summed E-state index contributed by atoms with van der Waals surface area (Å²) in [5, 5.41) is 6.32. The van der Waals surface area contributed by atoms with Crippen LogP contribution in [0.25, 0.3) is 16.9 Å².